The lowest BCUT2D eigenvalue weighted by molar-refractivity contribution is 0.0363. The maximum absolute atomic E-state index is 12.4. The van der Waals surface area contributed by atoms with Crippen LogP contribution >= 0.6 is 0 Å². The Morgan fingerprint density at radius 1 is 1.26 bits per heavy atom. The first-order chi connectivity index (χ1) is 9.09. The fourth-order valence-electron chi connectivity index (χ4n) is 2.77. The quantitative estimate of drug-likeness (QED) is 0.830. The molecule has 3 rings (SSSR count). The number of aromatic nitrogens is 2. The van der Waals surface area contributed by atoms with Gasteiger partial charge in [0.15, 0.2) is 0 Å². The monoisotopic (exact) mass is 259 g/mol. The lowest BCUT2D eigenvalue weighted by atomic mass is 10.1. The van der Waals surface area contributed by atoms with Gasteiger partial charge < -0.3 is 9.67 Å². The van der Waals surface area contributed by atoms with Gasteiger partial charge in [0.2, 0.25) is 0 Å². The molecule has 5 nitrogen and oxygen atoms in total. The van der Waals surface area contributed by atoms with E-state index in [2.05, 4.69) is 4.98 Å². The highest BCUT2D eigenvalue weighted by Gasteiger charge is 2.33. The van der Waals surface area contributed by atoms with Crippen LogP contribution in [-0.2, 0) is 7.05 Å². The molecule has 1 aromatic carbocycles. The minimum Gasteiger partial charge on any atom is -0.378 e. The Hall–Kier alpha value is -1.72. The summed E-state index contributed by atoms with van der Waals surface area (Å²) >= 11 is 0. The average molecular weight is 259 g/mol. The van der Waals surface area contributed by atoms with E-state index in [1.54, 1.807) is 11.6 Å². The highest BCUT2D eigenvalue weighted by molar-refractivity contribution is 5.74. The fraction of sp³-hybridized carbons (Fsp3) is 0.429. The summed E-state index contributed by atoms with van der Waals surface area (Å²) < 4.78 is 1.64. The van der Waals surface area contributed by atoms with Crippen molar-refractivity contribution in [3.63, 3.8) is 0 Å². The first kappa shape index (κ1) is 12.3. The number of hydrogen-bond donors (Lipinski definition) is 1. The summed E-state index contributed by atoms with van der Waals surface area (Å²) in [5.74, 6) is 0. The number of likely N-dealkylation sites (tertiary alicyclic amines) is 1. The van der Waals surface area contributed by atoms with Crippen LogP contribution in [-0.4, -0.2) is 32.8 Å². The topological polar surface area (TPSA) is 58.4 Å². The molecule has 0 spiro atoms. The maximum Gasteiger partial charge on any atom is 0.274 e. The van der Waals surface area contributed by atoms with Crippen molar-refractivity contribution in [2.45, 2.75) is 25.1 Å². The molecule has 19 heavy (non-hydrogen) atoms. The second-order valence-electron chi connectivity index (χ2n) is 5.09. The van der Waals surface area contributed by atoms with Crippen LogP contribution in [0.1, 0.15) is 24.6 Å². The summed E-state index contributed by atoms with van der Waals surface area (Å²) in [6.07, 6.45) is 0.958. The van der Waals surface area contributed by atoms with E-state index in [1.165, 1.54) is 0 Å². The molecule has 2 heterocycles. The number of nitrogens with zero attached hydrogens (tertiary/aromatic N) is 3. The summed E-state index contributed by atoms with van der Waals surface area (Å²) in [4.78, 5) is 18.7. The van der Waals surface area contributed by atoms with Crippen LogP contribution in [0.5, 0.6) is 0 Å². The first-order valence-electron chi connectivity index (χ1n) is 6.45. The number of benzene rings is 1. The van der Waals surface area contributed by atoms with Crippen molar-refractivity contribution in [3.05, 3.63) is 40.3 Å². The molecule has 5 heteroatoms. The van der Waals surface area contributed by atoms with E-state index in [0.717, 1.165) is 17.5 Å². The Bertz CT molecular complexity index is 680. The number of aryl methyl sites for hydroxylation is 1. The smallest absolute Gasteiger partial charge is 0.274 e. The van der Waals surface area contributed by atoms with Gasteiger partial charge in [-0.1, -0.05) is 12.1 Å². The number of aliphatic hydroxyl groups excluding tert-OH is 1. The van der Waals surface area contributed by atoms with E-state index >= 15 is 0 Å². The van der Waals surface area contributed by atoms with E-state index < -0.39 is 6.23 Å². The Morgan fingerprint density at radius 2 is 2.00 bits per heavy atom. The molecular weight excluding hydrogens is 242 g/mol. The second kappa shape index (κ2) is 4.43. The largest absolute Gasteiger partial charge is 0.378 e. The Labute approximate surface area is 111 Å². The van der Waals surface area contributed by atoms with Crippen LogP contribution in [0.15, 0.2) is 29.1 Å². The van der Waals surface area contributed by atoms with Gasteiger partial charge in [0.05, 0.1) is 17.1 Å². The van der Waals surface area contributed by atoms with Crippen molar-refractivity contribution in [1.29, 1.82) is 0 Å². The van der Waals surface area contributed by atoms with Gasteiger partial charge in [0.1, 0.15) is 11.9 Å². The Morgan fingerprint density at radius 3 is 2.68 bits per heavy atom. The van der Waals surface area contributed by atoms with Gasteiger partial charge >= 0.3 is 0 Å². The third-order valence-corrected chi connectivity index (χ3v) is 3.98. The normalized spacial score (nSPS) is 24.2. The zero-order valence-electron chi connectivity index (χ0n) is 11.1. The highest BCUT2D eigenvalue weighted by atomic mass is 16.3. The van der Waals surface area contributed by atoms with Crippen molar-refractivity contribution in [2.24, 2.45) is 7.05 Å². The minimum absolute atomic E-state index is 0.0790. The van der Waals surface area contributed by atoms with Gasteiger partial charge in [0.25, 0.3) is 5.56 Å². The van der Waals surface area contributed by atoms with Crippen molar-refractivity contribution < 1.29 is 5.11 Å². The number of hydrogen-bond acceptors (Lipinski definition) is 4. The van der Waals surface area contributed by atoms with Crippen LogP contribution in [0, 0.1) is 0 Å². The molecule has 1 aromatic heterocycles. The summed E-state index contributed by atoms with van der Waals surface area (Å²) in [7, 11) is 3.60. The summed E-state index contributed by atoms with van der Waals surface area (Å²) in [6.45, 7) is 0. The predicted octanol–water partition coefficient (Wildman–Crippen LogP) is 1.02. The van der Waals surface area contributed by atoms with Gasteiger partial charge in [-0.15, -0.1) is 0 Å². The molecule has 1 fully saturated rings. The molecular formula is C14H17N3O2. The van der Waals surface area contributed by atoms with E-state index in [-0.39, 0.29) is 11.6 Å². The lowest BCUT2D eigenvalue weighted by Gasteiger charge is -2.22. The number of aliphatic hydroxyl groups is 1. The van der Waals surface area contributed by atoms with Crippen LogP contribution in [0.2, 0.25) is 0 Å². The molecule has 1 aliphatic heterocycles. The van der Waals surface area contributed by atoms with Crippen LogP contribution < -0.4 is 5.56 Å². The molecule has 0 amide bonds. The second-order valence-corrected chi connectivity index (χ2v) is 5.09. The van der Waals surface area contributed by atoms with Gasteiger partial charge in [0, 0.05) is 7.05 Å². The molecule has 100 valence electrons. The van der Waals surface area contributed by atoms with E-state index in [1.807, 2.05) is 36.2 Å². The molecule has 1 saturated heterocycles. The molecule has 0 bridgehead atoms. The molecule has 2 unspecified atom stereocenters. The van der Waals surface area contributed by atoms with E-state index in [9.17, 15) is 9.90 Å². The number of para-hydroxylation sites is 2. The standard InChI is InChI=1S/C14H17N3O2/c1-16-11(7-8-12(16)18)13-14(19)17(2)10-6-4-3-5-9(10)15-13/h3-6,11-12,18H,7-8H2,1-2H3. The SMILES string of the molecule is CN1C(O)CCC1c1nc2ccccc2n(C)c1=O. The minimum atomic E-state index is -0.483. The molecule has 0 saturated carbocycles. The van der Waals surface area contributed by atoms with Gasteiger partial charge in [-0.3, -0.25) is 9.69 Å². The zero-order valence-corrected chi connectivity index (χ0v) is 11.1. The van der Waals surface area contributed by atoms with E-state index in [0.29, 0.717) is 12.1 Å². The fourth-order valence-corrected chi connectivity index (χ4v) is 2.77. The van der Waals surface area contributed by atoms with Crippen molar-refractivity contribution >= 4 is 11.0 Å². The third kappa shape index (κ3) is 1.86. The zero-order chi connectivity index (χ0) is 13.6. The van der Waals surface area contributed by atoms with Gasteiger partial charge in [-0.25, -0.2) is 4.98 Å². The van der Waals surface area contributed by atoms with Crippen molar-refractivity contribution in [2.75, 3.05) is 7.05 Å². The van der Waals surface area contributed by atoms with Crippen LogP contribution in [0.4, 0.5) is 0 Å². The summed E-state index contributed by atoms with van der Waals surface area (Å²) in [5.41, 5.74) is 2.09. The van der Waals surface area contributed by atoms with Crippen LogP contribution in [0.25, 0.3) is 11.0 Å². The lowest BCUT2D eigenvalue weighted by Crippen LogP contribution is -2.33. The average Bonchev–Trinajstić information content (AvgIpc) is 2.75. The molecule has 0 aliphatic carbocycles. The third-order valence-electron chi connectivity index (χ3n) is 3.98. The summed E-state index contributed by atoms with van der Waals surface area (Å²) in [5, 5.41) is 9.79. The summed E-state index contributed by atoms with van der Waals surface area (Å²) in [6, 6.07) is 7.51. The highest BCUT2D eigenvalue weighted by Crippen LogP contribution is 2.31. The number of fused-ring (bicyclic) bond motifs is 1. The van der Waals surface area contributed by atoms with E-state index in [4.69, 9.17) is 0 Å². The first-order valence-corrected chi connectivity index (χ1v) is 6.45. The number of rotatable bonds is 1. The van der Waals surface area contributed by atoms with Gasteiger partial charge in [-0.2, -0.15) is 0 Å². The molecule has 2 atom stereocenters. The molecule has 1 aliphatic rings. The molecule has 1 N–H and O–H groups in total. The van der Waals surface area contributed by atoms with Gasteiger partial charge in [-0.05, 0) is 32.0 Å². The molecule has 2 aromatic rings. The maximum atomic E-state index is 12.4. The van der Waals surface area contributed by atoms with Crippen molar-refractivity contribution in [3.8, 4) is 0 Å². The van der Waals surface area contributed by atoms with Crippen LogP contribution in [0.3, 0.4) is 0 Å². The Balaban J connectivity index is 2.20. The predicted molar refractivity (Wildman–Crippen MR) is 72.7 cm³/mol. The Kier molecular flexibility index (Phi) is 2.88. The molecule has 0 radical (unpaired) electrons. The van der Waals surface area contributed by atoms with Crippen molar-refractivity contribution in [1.82, 2.24) is 14.5 Å².